The first-order valence-electron chi connectivity index (χ1n) is 7.21. The third-order valence-corrected chi connectivity index (χ3v) is 6.38. The monoisotopic (exact) mass is 423 g/mol. The van der Waals surface area contributed by atoms with Crippen LogP contribution in [0.1, 0.15) is 22.5 Å². The van der Waals surface area contributed by atoms with Gasteiger partial charge in [0.2, 0.25) is 0 Å². The van der Waals surface area contributed by atoms with Gasteiger partial charge in [-0.3, -0.25) is 4.79 Å². The van der Waals surface area contributed by atoms with Crippen LogP contribution in [0.4, 0.5) is 0 Å². The number of halogens is 1. The molecule has 4 rings (SSSR count). The summed E-state index contributed by atoms with van der Waals surface area (Å²) < 4.78 is 0.327. The topological polar surface area (TPSA) is 49.0 Å². The summed E-state index contributed by atoms with van der Waals surface area (Å²) in [5, 5.41) is 1.09. The van der Waals surface area contributed by atoms with Crippen LogP contribution in [0.2, 0.25) is 0 Å². The van der Waals surface area contributed by atoms with E-state index in [1.54, 1.807) is 17.5 Å². The van der Waals surface area contributed by atoms with E-state index in [1.165, 1.54) is 0 Å². The van der Waals surface area contributed by atoms with Crippen LogP contribution in [0.3, 0.4) is 0 Å². The molecule has 1 atom stereocenters. The molecule has 0 spiro atoms. The number of pyridine rings is 1. The van der Waals surface area contributed by atoms with Gasteiger partial charge >= 0.3 is 0 Å². The molecular formula is C16H14IN3OS. The number of carbonyl (C=O) groups excluding carboxylic acids is 1. The second kappa shape index (κ2) is 5.66. The molecule has 0 aliphatic carbocycles. The molecule has 112 valence electrons. The molecule has 0 radical (unpaired) electrons. The molecule has 0 aromatic carbocycles. The Hall–Kier alpha value is -1.41. The van der Waals surface area contributed by atoms with E-state index in [9.17, 15) is 4.79 Å². The van der Waals surface area contributed by atoms with E-state index in [4.69, 9.17) is 0 Å². The van der Waals surface area contributed by atoms with E-state index < -0.39 is 0 Å². The van der Waals surface area contributed by atoms with Crippen LogP contribution in [-0.2, 0) is 0 Å². The van der Waals surface area contributed by atoms with Crippen molar-refractivity contribution in [3.63, 3.8) is 0 Å². The average molecular weight is 423 g/mol. The second-order valence-corrected chi connectivity index (χ2v) is 7.86. The Morgan fingerprint density at radius 1 is 1.36 bits per heavy atom. The summed E-state index contributed by atoms with van der Waals surface area (Å²) >= 11 is 3.93. The zero-order chi connectivity index (χ0) is 15.1. The summed E-state index contributed by atoms with van der Waals surface area (Å²) in [7, 11) is 0. The molecule has 1 amide bonds. The van der Waals surface area contributed by atoms with Gasteiger partial charge in [0.25, 0.3) is 5.91 Å². The first-order chi connectivity index (χ1) is 10.7. The van der Waals surface area contributed by atoms with Crippen LogP contribution >= 0.6 is 33.9 Å². The maximum Gasteiger partial charge on any atom is 0.264 e. The Morgan fingerprint density at radius 3 is 3.09 bits per heavy atom. The Morgan fingerprint density at radius 2 is 2.27 bits per heavy atom. The Balaban J connectivity index is 1.69. The Labute approximate surface area is 145 Å². The van der Waals surface area contributed by atoms with Crippen molar-refractivity contribution >= 4 is 50.9 Å². The lowest BCUT2D eigenvalue weighted by Gasteiger charge is -2.18. The van der Waals surface area contributed by atoms with Gasteiger partial charge < -0.3 is 9.88 Å². The van der Waals surface area contributed by atoms with Crippen molar-refractivity contribution in [3.05, 3.63) is 41.5 Å². The number of carbonyl (C=O) groups is 1. The fraction of sp³-hybridized carbons (Fsp3) is 0.250. The molecule has 1 fully saturated rings. The quantitative estimate of drug-likeness (QED) is 0.380. The van der Waals surface area contributed by atoms with Crippen LogP contribution in [0.5, 0.6) is 0 Å². The molecule has 4 nitrogen and oxygen atoms in total. The van der Waals surface area contributed by atoms with E-state index in [-0.39, 0.29) is 5.91 Å². The van der Waals surface area contributed by atoms with Gasteiger partial charge in [-0.15, -0.1) is 11.3 Å². The van der Waals surface area contributed by atoms with E-state index in [1.807, 2.05) is 35.4 Å². The summed E-state index contributed by atoms with van der Waals surface area (Å²) in [6, 6.07) is 8.02. The number of fused-ring (bicyclic) bond motifs is 1. The fourth-order valence-corrected chi connectivity index (χ4v) is 4.84. The maximum absolute atomic E-state index is 12.6. The van der Waals surface area contributed by atoms with Crippen molar-refractivity contribution in [3.8, 4) is 10.4 Å². The van der Waals surface area contributed by atoms with Gasteiger partial charge in [-0.2, -0.15) is 0 Å². The number of amides is 1. The minimum absolute atomic E-state index is 0.160. The SMILES string of the molecule is O=C(c1ccc(-c2ccnc3[nH]ccc23)s1)N1CCC[C@@H]1I. The molecule has 1 aliphatic heterocycles. The maximum atomic E-state index is 12.6. The second-order valence-electron chi connectivity index (χ2n) is 5.34. The number of nitrogens with one attached hydrogen (secondary N) is 1. The number of likely N-dealkylation sites (tertiary alicyclic amines) is 1. The summed E-state index contributed by atoms with van der Waals surface area (Å²) in [4.78, 5) is 24.0. The predicted molar refractivity (Wildman–Crippen MR) is 97.5 cm³/mol. The van der Waals surface area contributed by atoms with Gasteiger partial charge in [-0.05, 0) is 37.1 Å². The summed E-state index contributed by atoms with van der Waals surface area (Å²) in [6.07, 6.45) is 5.90. The zero-order valence-electron chi connectivity index (χ0n) is 11.8. The van der Waals surface area contributed by atoms with Crippen molar-refractivity contribution in [1.82, 2.24) is 14.9 Å². The highest BCUT2D eigenvalue weighted by Crippen LogP contribution is 2.34. The molecular weight excluding hydrogens is 409 g/mol. The first kappa shape index (κ1) is 14.2. The largest absolute Gasteiger partial charge is 0.346 e. The minimum atomic E-state index is 0.160. The van der Waals surface area contributed by atoms with Gasteiger partial charge in [0.1, 0.15) is 5.65 Å². The summed E-state index contributed by atoms with van der Waals surface area (Å²) in [5.74, 6) is 0.160. The molecule has 3 aromatic rings. The molecule has 0 bridgehead atoms. The molecule has 1 aliphatic rings. The molecule has 6 heteroatoms. The molecule has 3 aromatic heterocycles. The lowest BCUT2D eigenvalue weighted by atomic mass is 10.1. The van der Waals surface area contributed by atoms with E-state index in [0.29, 0.717) is 4.05 Å². The minimum Gasteiger partial charge on any atom is -0.346 e. The van der Waals surface area contributed by atoms with Gasteiger partial charge in [-0.1, -0.05) is 22.6 Å². The molecule has 4 heterocycles. The Bertz CT molecular complexity index is 841. The van der Waals surface area contributed by atoms with Gasteiger partial charge in [0, 0.05) is 34.8 Å². The summed E-state index contributed by atoms with van der Waals surface area (Å²) in [5.41, 5.74) is 2.01. The van der Waals surface area contributed by atoms with Crippen molar-refractivity contribution in [1.29, 1.82) is 0 Å². The van der Waals surface area contributed by atoms with Crippen molar-refractivity contribution in [2.75, 3.05) is 6.54 Å². The van der Waals surface area contributed by atoms with Crippen molar-refractivity contribution < 1.29 is 4.79 Å². The molecule has 0 unspecified atom stereocenters. The Kier molecular flexibility index (Phi) is 3.65. The zero-order valence-corrected chi connectivity index (χ0v) is 14.7. The number of H-pyrrole nitrogens is 1. The van der Waals surface area contributed by atoms with Crippen LogP contribution in [0, 0.1) is 0 Å². The highest BCUT2D eigenvalue weighted by molar-refractivity contribution is 14.1. The van der Waals surface area contributed by atoms with Gasteiger partial charge in [-0.25, -0.2) is 4.98 Å². The van der Waals surface area contributed by atoms with Crippen molar-refractivity contribution in [2.45, 2.75) is 16.9 Å². The number of rotatable bonds is 2. The number of aromatic amines is 1. The lowest BCUT2D eigenvalue weighted by Crippen LogP contribution is -2.31. The first-order valence-corrected chi connectivity index (χ1v) is 9.27. The average Bonchev–Trinajstić information content (AvgIpc) is 3.26. The number of hydrogen-bond donors (Lipinski definition) is 1. The normalized spacial score (nSPS) is 18.2. The highest BCUT2D eigenvalue weighted by atomic mass is 127. The predicted octanol–water partition coefficient (Wildman–Crippen LogP) is 4.29. The van der Waals surface area contributed by atoms with Gasteiger partial charge in [0.05, 0.1) is 8.93 Å². The number of aromatic nitrogens is 2. The van der Waals surface area contributed by atoms with Crippen LogP contribution in [0.15, 0.2) is 36.7 Å². The molecule has 1 saturated heterocycles. The molecule has 0 saturated carbocycles. The third-order valence-electron chi connectivity index (χ3n) is 3.98. The highest BCUT2D eigenvalue weighted by Gasteiger charge is 2.28. The fourth-order valence-electron chi connectivity index (χ4n) is 2.87. The smallest absolute Gasteiger partial charge is 0.264 e. The number of thiophene rings is 1. The third kappa shape index (κ3) is 2.34. The van der Waals surface area contributed by atoms with E-state index in [0.717, 1.165) is 45.7 Å². The molecule has 22 heavy (non-hydrogen) atoms. The standard InChI is InChI=1S/C16H14IN3OS/c17-14-2-1-9-20(14)16(21)13-4-3-12(22-13)10-5-7-18-15-11(10)6-8-19-15/h3-8,14H,1-2,9H2,(H,18,19)/t14-/m1/s1. The van der Waals surface area contributed by atoms with Gasteiger partial charge in [0.15, 0.2) is 0 Å². The number of hydrogen-bond acceptors (Lipinski definition) is 3. The number of nitrogens with zero attached hydrogens (tertiary/aromatic N) is 2. The van der Waals surface area contributed by atoms with E-state index in [2.05, 4.69) is 32.6 Å². The van der Waals surface area contributed by atoms with Crippen LogP contribution in [0.25, 0.3) is 21.5 Å². The van der Waals surface area contributed by atoms with E-state index >= 15 is 0 Å². The van der Waals surface area contributed by atoms with Crippen molar-refractivity contribution in [2.24, 2.45) is 0 Å². The lowest BCUT2D eigenvalue weighted by molar-refractivity contribution is 0.0790. The van der Waals surface area contributed by atoms with Crippen LogP contribution in [-0.4, -0.2) is 31.4 Å². The van der Waals surface area contributed by atoms with Crippen LogP contribution < -0.4 is 0 Å². The number of alkyl halides is 1. The molecule has 1 N–H and O–H groups in total. The summed E-state index contributed by atoms with van der Waals surface area (Å²) in [6.45, 7) is 0.872.